The zero-order chi connectivity index (χ0) is 11.3. The second-order valence-electron chi connectivity index (χ2n) is 2.93. The van der Waals surface area contributed by atoms with Crippen LogP contribution in [0.25, 0.3) is 0 Å². The number of halogens is 2. The van der Waals surface area contributed by atoms with E-state index >= 15 is 0 Å². The number of hydrogen-bond donors (Lipinski definition) is 2. The first kappa shape index (κ1) is 11.3. The number of nitrogens with two attached hydrogens (primary N) is 1. The van der Waals surface area contributed by atoms with E-state index in [1.807, 2.05) is 6.07 Å². The number of nitrogens with zero attached hydrogens (tertiary/aromatic N) is 2. The van der Waals surface area contributed by atoms with Crippen molar-refractivity contribution in [1.82, 2.24) is 4.98 Å². The van der Waals surface area contributed by atoms with Gasteiger partial charge in [0, 0.05) is 6.20 Å². The van der Waals surface area contributed by atoms with Gasteiger partial charge in [-0.05, 0) is 12.1 Å². The number of nitriles is 1. The molecule has 0 spiro atoms. The maximum atomic E-state index is 12.8. The molecular formula is C9H10F2N4. The van der Waals surface area contributed by atoms with Crippen LogP contribution in [-0.4, -0.2) is 24.0 Å². The highest BCUT2D eigenvalue weighted by Gasteiger charge is 2.26. The fraction of sp³-hybridized carbons (Fsp3) is 0.333. The summed E-state index contributed by atoms with van der Waals surface area (Å²) in [5.74, 6) is -2.85. The summed E-state index contributed by atoms with van der Waals surface area (Å²) in [6.45, 7) is -1.37. The van der Waals surface area contributed by atoms with E-state index in [0.29, 0.717) is 0 Å². The standard InChI is InChI=1S/C9H10F2N4/c10-9(11,5-13)6-15-8-7(4-12)2-1-3-14-8/h1-3H,5-6,13H2,(H,14,15). The van der Waals surface area contributed by atoms with Crippen LogP contribution in [0.1, 0.15) is 5.56 Å². The Morgan fingerprint density at radius 1 is 1.60 bits per heavy atom. The number of pyridine rings is 1. The van der Waals surface area contributed by atoms with Gasteiger partial charge in [0.25, 0.3) is 5.92 Å². The molecule has 1 heterocycles. The minimum atomic E-state index is -3.00. The summed E-state index contributed by atoms with van der Waals surface area (Å²) in [6.07, 6.45) is 1.42. The van der Waals surface area contributed by atoms with E-state index in [1.165, 1.54) is 12.3 Å². The van der Waals surface area contributed by atoms with Gasteiger partial charge in [0.2, 0.25) is 0 Å². The molecule has 0 unspecified atom stereocenters. The topological polar surface area (TPSA) is 74.7 Å². The third-order valence-corrected chi connectivity index (χ3v) is 1.74. The summed E-state index contributed by atoms with van der Waals surface area (Å²) in [5.41, 5.74) is 5.09. The zero-order valence-electron chi connectivity index (χ0n) is 7.87. The van der Waals surface area contributed by atoms with E-state index in [-0.39, 0.29) is 11.4 Å². The first-order valence-electron chi connectivity index (χ1n) is 4.26. The predicted molar refractivity (Wildman–Crippen MR) is 51.4 cm³/mol. The average Bonchev–Trinajstić information content (AvgIpc) is 2.27. The Balaban J connectivity index is 2.70. The molecule has 1 aromatic rings. The highest BCUT2D eigenvalue weighted by Crippen LogP contribution is 2.14. The lowest BCUT2D eigenvalue weighted by molar-refractivity contribution is 0.0253. The Labute approximate surface area is 85.7 Å². The van der Waals surface area contributed by atoms with Crippen molar-refractivity contribution in [2.24, 2.45) is 5.73 Å². The predicted octanol–water partition coefficient (Wildman–Crippen LogP) is 0.959. The van der Waals surface area contributed by atoms with Gasteiger partial charge >= 0.3 is 0 Å². The van der Waals surface area contributed by atoms with E-state index in [0.717, 1.165) is 0 Å². The monoisotopic (exact) mass is 212 g/mol. The molecule has 0 bridgehead atoms. The second kappa shape index (κ2) is 4.66. The van der Waals surface area contributed by atoms with Crippen LogP contribution < -0.4 is 11.1 Å². The molecule has 15 heavy (non-hydrogen) atoms. The summed E-state index contributed by atoms with van der Waals surface area (Å²) >= 11 is 0. The summed E-state index contributed by atoms with van der Waals surface area (Å²) in [7, 11) is 0. The Morgan fingerprint density at radius 2 is 2.33 bits per heavy atom. The summed E-state index contributed by atoms with van der Waals surface area (Å²) in [6, 6.07) is 4.90. The molecule has 0 saturated heterocycles. The normalized spacial score (nSPS) is 10.8. The van der Waals surface area contributed by atoms with E-state index < -0.39 is 19.0 Å². The van der Waals surface area contributed by atoms with Crippen molar-refractivity contribution < 1.29 is 8.78 Å². The van der Waals surface area contributed by atoms with Crippen LogP contribution in [0, 0.1) is 11.3 Å². The maximum Gasteiger partial charge on any atom is 0.276 e. The molecule has 0 aliphatic carbocycles. The van der Waals surface area contributed by atoms with Gasteiger partial charge in [-0.25, -0.2) is 13.8 Å². The molecule has 0 aliphatic heterocycles. The summed E-state index contributed by atoms with van der Waals surface area (Å²) < 4.78 is 25.6. The van der Waals surface area contributed by atoms with Crippen LogP contribution in [0.4, 0.5) is 14.6 Å². The number of alkyl halides is 2. The van der Waals surface area contributed by atoms with Gasteiger partial charge in [-0.1, -0.05) is 0 Å². The fourth-order valence-electron chi connectivity index (χ4n) is 0.922. The van der Waals surface area contributed by atoms with Crippen molar-refractivity contribution in [2.45, 2.75) is 5.92 Å². The Morgan fingerprint density at radius 3 is 2.93 bits per heavy atom. The lowest BCUT2D eigenvalue weighted by atomic mass is 10.2. The number of aromatic nitrogens is 1. The first-order chi connectivity index (χ1) is 7.09. The number of hydrogen-bond acceptors (Lipinski definition) is 4. The molecule has 1 aromatic heterocycles. The van der Waals surface area contributed by atoms with Crippen molar-refractivity contribution >= 4 is 5.82 Å². The van der Waals surface area contributed by atoms with E-state index in [9.17, 15) is 8.78 Å². The van der Waals surface area contributed by atoms with Gasteiger partial charge in [-0.2, -0.15) is 5.26 Å². The van der Waals surface area contributed by atoms with Crippen molar-refractivity contribution in [2.75, 3.05) is 18.4 Å². The van der Waals surface area contributed by atoms with Crippen LogP contribution in [0.15, 0.2) is 18.3 Å². The van der Waals surface area contributed by atoms with E-state index in [2.05, 4.69) is 10.3 Å². The molecular weight excluding hydrogens is 202 g/mol. The summed E-state index contributed by atoms with van der Waals surface area (Å²) in [4.78, 5) is 3.78. The minimum Gasteiger partial charge on any atom is -0.363 e. The molecule has 0 radical (unpaired) electrons. The SMILES string of the molecule is N#Cc1cccnc1NCC(F)(F)CN. The lowest BCUT2D eigenvalue weighted by Gasteiger charge is -2.15. The molecule has 0 saturated carbocycles. The van der Waals surface area contributed by atoms with Crippen molar-refractivity contribution in [1.29, 1.82) is 5.26 Å². The van der Waals surface area contributed by atoms with Gasteiger partial charge in [0.05, 0.1) is 18.7 Å². The van der Waals surface area contributed by atoms with Crippen LogP contribution in [-0.2, 0) is 0 Å². The van der Waals surface area contributed by atoms with Gasteiger partial charge in [0.15, 0.2) is 0 Å². The van der Waals surface area contributed by atoms with Crippen LogP contribution in [0.3, 0.4) is 0 Å². The molecule has 6 heteroatoms. The van der Waals surface area contributed by atoms with Gasteiger partial charge in [0.1, 0.15) is 11.9 Å². The highest BCUT2D eigenvalue weighted by molar-refractivity contribution is 5.51. The molecule has 0 aromatic carbocycles. The third kappa shape index (κ3) is 3.14. The van der Waals surface area contributed by atoms with Crippen molar-refractivity contribution in [3.8, 4) is 6.07 Å². The molecule has 0 amide bonds. The van der Waals surface area contributed by atoms with Crippen molar-refractivity contribution in [3.05, 3.63) is 23.9 Å². The zero-order valence-corrected chi connectivity index (χ0v) is 7.87. The van der Waals surface area contributed by atoms with E-state index in [4.69, 9.17) is 11.0 Å². The van der Waals surface area contributed by atoms with Gasteiger partial charge in [-0.3, -0.25) is 0 Å². The first-order valence-corrected chi connectivity index (χ1v) is 4.26. The molecule has 0 atom stereocenters. The molecule has 3 N–H and O–H groups in total. The fourth-order valence-corrected chi connectivity index (χ4v) is 0.922. The maximum absolute atomic E-state index is 12.8. The van der Waals surface area contributed by atoms with Crippen molar-refractivity contribution in [3.63, 3.8) is 0 Å². The number of anilines is 1. The molecule has 4 nitrogen and oxygen atoms in total. The molecule has 0 fully saturated rings. The van der Waals surface area contributed by atoms with Crippen LogP contribution in [0.5, 0.6) is 0 Å². The van der Waals surface area contributed by atoms with E-state index in [1.54, 1.807) is 6.07 Å². The highest BCUT2D eigenvalue weighted by atomic mass is 19.3. The van der Waals surface area contributed by atoms with Gasteiger partial charge in [-0.15, -0.1) is 0 Å². The largest absolute Gasteiger partial charge is 0.363 e. The lowest BCUT2D eigenvalue weighted by Crippen LogP contribution is -2.35. The Bertz CT molecular complexity index is 373. The smallest absolute Gasteiger partial charge is 0.276 e. The minimum absolute atomic E-state index is 0.146. The third-order valence-electron chi connectivity index (χ3n) is 1.74. The quantitative estimate of drug-likeness (QED) is 0.779. The Hall–Kier alpha value is -1.74. The van der Waals surface area contributed by atoms with Crippen LogP contribution >= 0.6 is 0 Å². The molecule has 0 aliphatic rings. The molecule has 1 rings (SSSR count). The Kier molecular flexibility index (Phi) is 3.52. The average molecular weight is 212 g/mol. The van der Waals surface area contributed by atoms with Gasteiger partial charge < -0.3 is 11.1 Å². The van der Waals surface area contributed by atoms with Crippen LogP contribution in [0.2, 0.25) is 0 Å². The second-order valence-corrected chi connectivity index (χ2v) is 2.93. The number of rotatable bonds is 4. The molecule has 80 valence electrons. The number of nitrogens with one attached hydrogen (secondary N) is 1. The summed E-state index contributed by atoms with van der Waals surface area (Å²) in [5, 5.41) is 11.1.